The summed E-state index contributed by atoms with van der Waals surface area (Å²) in [5.74, 6) is 0.0439. The van der Waals surface area contributed by atoms with Crippen molar-refractivity contribution >= 4 is 5.78 Å². The zero-order valence-electron chi connectivity index (χ0n) is 10.3. The first-order valence-corrected chi connectivity index (χ1v) is 5.61. The predicted molar refractivity (Wildman–Crippen MR) is 68.3 cm³/mol. The van der Waals surface area contributed by atoms with E-state index in [1.54, 1.807) is 12.4 Å². The number of aromatic nitrogens is 1. The fourth-order valence-electron chi connectivity index (χ4n) is 1.96. The van der Waals surface area contributed by atoms with Crippen molar-refractivity contribution in [2.75, 3.05) is 0 Å². The molecular weight excluding hydrogens is 210 g/mol. The van der Waals surface area contributed by atoms with Gasteiger partial charge >= 0.3 is 0 Å². The molecule has 2 rings (SSSR count). The summed E-state index contributed by atoms with van der Waals surface area (Å²) in [6.07, 6.45) is 3.34. The van der Waals surface area contributed by atoms with E-state index in [2.05, 4.69) is 11.1 Å². The fourth-order valence-corrected chi connectivity index (χ4v) is 1.96. The lowest BCUT2D eigenvalue weighted by Gasteiger charge is -2.06. The van der Waals surface area contributed by atoms with E-state index in [0.29, 0.717) is 5.56 Å². The van der Waals surface area contributed by atoms with Crippen molar-refractivity contribution in [1.82, 2.24) is 4.98 Å². The number of nitrogens with zero attached hydrogens (tertiary/aromatic N) is 1. The highest BCUT2D eigenvalue weighted by atomic mass is 16.1. The van der Waals surface area contributed by atoms with Crippen LogP contribution in [-0.4, -0.2) is 10.8 Å². The van der Waals surface area contributed by atoms with Gasteiger partial charge in [-0.3, -0.25) is 9.78 Å². The van der Waals surface area contributed by atoms with Gasteiger partial charge in [0.15, 0.2) is 5.78 Å². The van der Waals surface area contributed by atoms with E-state index in [1.165, 1.54) is 0 Å². The molecule has 0 saturated carbocycles. The van der Waals surface area contributed by atoms with Crippen molar-refractivity contribution in [3.8, 4) is 0 Å². The van der Waals surface area contributed by atoms with Crippen LogP contribution in [-0.2, 0) is 0 Å². The Morgan fingerprint density at radius 2 is 1.71 bits per heavy atom. The first-order valence-electron chi connectivity index (χ1n) is 5.61. The van der Waals surface area contributed by atoms with E-state index in [0.717, 1.165) is 22.3 Å². The molecule has 0 saturated heterocycles. The average Bonchev–Trinajstić information content (AvgIpc) is 2.27. The minimum Gasteiger partial charge on any atom is -0.289 e. The minimum atomic E-state index is 0.0439. The number of hydrogen-bond acceptors (Lipinski definition) is 2. The zero-order valence-corrected chi connectivity index (χ0v) is 10.3. The molecular formula is C15H15NO. The average molecular weight is 225 g/mol. The van der Waals surface area contributed by atoms with Crippen LogP contribution in [0.3, 0.4) is 0 Å². The number of carbonyl (C=O) groups excluding carboxylic acids is 1. The Kier molecular flexibility index (Phi) is 3.05. The Bertz CT molecular complexity index is 553. The molecule has 86 valence electrons. The van der Waals surface area contributed by atoms with Gasteiger partial charge in [0.2, 0.25) is 0 Å². The van der Waals surface area contributed by atoms with Crippen molar-refractivity contribution in [1.29, 1.82) is 0 Å². The lowest BCUT2D eigenvalue weighted by Crippen LogP contribution is -2.05. The van der Waals surface area contributed by atoms with Crippen molar-refractivity contribution in [3.63, 3.8) is 0 Å². The molecule has 0 aliphatic heterocycles. The maximum Gasteiger partial charge on any atom is 0.194 e. The molecule has 0 amide bonds. The molecule has 0 atom stereocenters. The molecule has 0 unspecified atom stereocenters. The van der Waals surface area contributed by atoms with Gasteiger partial charge in [0.25, 0.3) is 0 Å². The van der Waals surface area contributed by atoms with E-state index in [4.69, 9.17) is 0 Å². The Balaban J connectivity index is 2.48. The molecule has 17 heavy (non-hydrogen) atoms. The van der Waals surface area contributed by atoms with E-state index < -0.39 is 0 Å². The summed E-state index contributed by atoms with van der Waals surface area (Å²) in [7, 11) is 0. The van der Waals surface area contributed by atoms with Gasteiger partial charge < -0.3 is 0 Å². The molecule has 0 radical (unpaired) electrons. The van der Waals surface area contributed by atoms with E-state index in [9.17, 15) is 4.79 Å². The topological polar surface area (TPSA) is 30.0 Å². The van der Waals surface area contributed by atoms with Gasteiger partial charge in [0, 0.05) is 23.5 Å². The number of carbonyl (C=O) groups is 1. The van der Waals surface area contributed by atoms with Crippen LogP contribution >= 0.6 is 0 Å². The number of benzene rings is 1. The van der Waals surface area contributed by atoms with Crippen LogP contribution in [0.5, 0.6) is 0 Å². The number of rotatable bonds is 2. The minimum absolute atomic E-state index is 0.0439. The highest BCUT2D eigenvalue weighted by Gasteiger charge is 2.12. The zero-order chi connectivity index (χ0) is 12.4. The lowest BCUT2D eigenvalue weighted by molar-refractivity contribution is 0.103. The third-order valence-corrected chi connectivity index (χ3v) is 2.77. The molecule has 0 spiro atoms. The van der Waals surface area contributed by atoms with Crippen LogP contribution in [0.1, 0.15) is 32.6 Å². The lowest BCUT2D eigenvalue weighted by atomic mass is 9.98. The third kappa shape index (κ3) is 2.41. The van der Waals surface area contributed by atoms with E-state index in [1.807, 2.05) is 39.0 Å². The highest BCUT2D eigenvalue weighted by molar-refractivity contribution is 6.09. The Morgan fingerprint density at radius 1 is 1.06 bits per heavy atom. The fraction of sp³-hybridized carbons (Fsp3) is 0.200. The third-order valence-electron chi connectivity index (χ3n) is 2.77. The summed E-state index contributed by atoms with van der Waals surface area (Å²) >= 11 is 0. The maximum absolute atomic E-state index is 12.3. The molecule has 1 heterocycles. The van der Waals surface area contributed by atoms with Crippen LogP contribution in [0.2, 0.25) is 0 Å². The van der Waals surface area contributed by atoms with Crippen molar-refractivity contribution in [2.45, 2.75) is 20.8 Å². The van der Waals surface area contributed by atoms with Crippen LogP contribution in [0.4, 0.5) is 0 Å². The molecule has 1 aromatic heterocycles. The maximum atomic E-state index is 12.3. The highest BCUT2D eigenvalue weighted by Crippen LogP contribution is 2.15. The normalized spacial score (nSPS) is 10.3. The van der Waals surface area contributed by atoms with Gasteiger partial charge in [-0.25, -0.2) is 0 Å². The monoisotopic (exact) mass is 225 g/mol. The first-order chi connectivity index (χ1) is 8.08. The number of aryl methyl sites for hydroxylation is 3. The van der Waals surface area contributed by atoms with Crippen LogP contribution < -0.4 is 0 Å². The molecule has 2 nitrogen and oxygen atoms in total. The summed E-state index contributed by atoms with van der Waals surface area (Å²) < 4.78 is 0. The quantitative estimate of drug-likeness (QED) is 0.734. The summed E-state index contributed by atoms with van der Waals surface area (Å²) in [6, 6.07) is 7.76. The number of pyridine rings is 1. The Hall–Kier alpha value is -1.96. The second-order valence-corrected chi connectivity index (χ2v) is 4.40. The van der Waals surface area contributed by atoms with Gasteiger partial charge in [0.1, 0.15) is 0 Å². The SMILES string of the molecule is Cc1cc(C)cc(C(=O)c2cnccc2C)c1. The number of hydrogen-bond donors (Lipinski definition) is 0. The molecule has 0 N–H and O–H groups in total. The van der Waals surface area contributed by atoms with Crippen molar-refractivity contribution in [3.05, 3.63) is 64.5 Å². The van der Waals surface area contributed by atoms with E-state index in [-0.39, 0.29) is 5.78 Å². The number of ketones is 1. The second kappa shape index (κ2) is 4.50. The molecule has 0 bridgehead atoms. The molecule has 0 fully saturated rings. The largest absolute Gasteiger partial charge is 0.289 e. The summed E-state index contributed by atoms with van der Waals surface area (Å²) in [4.78, 5) is 16.3. The Labute approximate surface area is 101 Å². The summed E-state index contributed by atoms with van der Waals surface area (Å²) in [5.41, 5.74) is 4.59. The smallest absolute Gasteiger partial charge is 0.194 e. The molecule has 1 aromatic carbocycles. The first kappa shape index (κ1) is 11.5. The molecule has 0 aliphatic rings. The second-order valence-electron chi connectivity index (χ2n) is 4.40. The molecule has 2 aromatic rings. The van der Waals surface area contributed by atoms with Gasteiger partial charge in [-0.15, -0.1) is 0 Å². The van der Waals surface area contributed by atoms with Gasteiger partial charge in [-0.05, 0) is 44.5 Å². The molecule has 2 heteroatoms. The Morgan fingerprint density at radius 3 is 2.29 bits per heavy atom. The van der Waals surface area contributed by atoms with Gasteiger partial charge in [-0.2, -0.15) is 0 Å². The van der Waals surface area contributed by atoms with Crippen molar-refractivity contribution < 1.29 is 4.79 Å². The van der Waals surface area contributed by atoms with Gasteiger partial charge in [-0.1, -0.05) is 17.2 Å². The standard InChI is InChI=1S/C15H15NO/c1-10-6-11(2)8-13(7-10)15(17)14-9-16-5-4-12(14)3/h4-9H,1-3H3. The van der Waals surface area contributed by atoms with Crippen molar-refractivity contribution in [2.24, 2.45) is 0 Å². The summed E-state index contributed by atoms with van der Waals surface area (Å²) in [6.45, 7) is 5.93. The molecule has 0 aliphatic carbocycles. The summed E-state index contributed by atoms with van der Waals surface area (Å²) in [5, 5.41) is 0. The van der Waals surface area contributed by atoms with Gasteiger partial charge in [0.05, 0.1) is 0 Å². The predicted octanol–water partition coefficient (Wildman–Crippen LogP) is 3.24. The van der Waals surface area contributed by atoms with E-state index >= 15 is 0 Å². The van der Waals surface area contributed by atoms with Crippen LogP contribution in [0.25, 0.3) is 0 Å². The van der Waals surface area contributed by atoms with Crippen LogP contribution in [0.15, 0.2) is 36.7 Å². The van der Waals surface area contributed by atoms with Crippen LogP contribution in [0, 0.1) is 20.8 Å².